The number of ether oxygens (including phenoxy) is 14. The third kappa shape index (κ3) is 12.1. The first-order valence-electron chi connectivity index (χ1n) is 27.1. The predicted molar refractivity (Wildman–Crippen MR) is 285 cm³/mol. The van der Waals surface area contributed by atoms with E-state index in [1.165, 1.54) is 36.4 Å². The average molecular weight is 1340 g/mol. The smallest absolute Gasteiger partial charge is 0.297 e. The molecule has 0 aliphatic carbocycles. The highest BCUT2D eigenvalue weighted by Gasteiger charge is 2.71. The maximum absolute atomic E-state index is 12.4. The molecule has 0 saturated carbocycles. The standard InChI is InChI=1S/C14H16O6S.C13H16O7S.C13H14O6S.C7H10O3.C6H8O4.HI/c1-8-3-5-9(6-4-8)21(15,16)20-11-12-14(2,19-12)10-7-17-13(11)18-10;1-7-2-4-8(5-3-7)21(16,17)20-12-11(15)10(14)9-6-18-13(12)19-9;1-7-2-4-8(5-3-7)20(14,15)19-12-11-10(18-11)9-6-16-13(12)17-9;1-3-4-2-8-7(9-4)6-5(3)10-6;7-3-2-1-8-6(9-2)5-4(3)10-5;/h3-6,10-13H,7H2,1-2H3;2-5,9-15H,6H2,1H3;2-5,9-13H,6H2,1H3;3-7H,2H2,1H3;2-7H,1H2;1H. The van der Waals surface area contributed by atoms with Gasteiger partial charge in [-0.05, 0) is 64.1 Å². The minimum Gasteiger partial charge on any atom is -0.387 e. The largest absolute Gasteiger partial charge is 0.387 e. The van der Waals surface area contributed by atoms with Gasteiger partial charge < -0.3 is 81.6 Å². The van der Waals surface area contributed by atoms with Crippen molar-refractivity contribution >= 4 is 54.3 Å². The maximum Gasteiger partial charge on any atom is 0.297 e. The van der Waals surface area contributed by atoms with Gasteiger partial charge in [-0.2, -0.15) is 25.3 Å². The predicted octanol–water partition coefficient (Wildman–Crippen LogP) is 0.752. The zero-order valence-electron chi connectivity index (χ0n) is 45.2. The average Bonchev–Trinajstić information content (AvgIpc) is 1.74. The molecule has 17 rings (SSSR count). The van der Waals surface area contributed by atoms with E-state index in [1.807, 2.05) is 27.7 Å². The maximum atomic E-state index is 12.4. The van der Waals surface area contributed by atoms with Gasteiger partial charge in [0.05, 0.1) is 59.9 Å². The van der Waals surface area contributed by atoms with Crippen LogP contribution >= 0.6 is 24.0 Å². The van der Waals surface area contributed by atoms with E-state index >= 15 is 0 Å². The van der Waals surface area contributed by atoms with Crippen LogP contribution in [-0.4, -0.2) is 221 Å². The summed E-state index contributed by atoms with van der Waals surface area (Å²) in [6, 6.07) is 19.1. The van der Waals surface area contributed by atoms with Gasteiger partial charge in [-0.25, -0.2) is 0 Å². The summed E-state index contributed by atoms with van der Waals surface area (Å²) in [5, 5.41) is 29.2. The van der Waals surface area contributed by atoms with Crippen LogP contribution in [0.1, 0.15) is 30.5 Å². The van der Waals surface area contributed by atoms with Crippen molar-refractivity contribution in [2.45, 2.75) is 196 Å². The normalized spacial score (nSPS) is 44.1. The van der Waals surface area contributed by atoms with Crippen LogP contribution < -0.4 is 0 Å². The minimum absolute atomic E-state index is 0. The Balaban J connectivity index is 0.000000105. The number of hydrogen-bond acceptors (Lipinski definition) is 26. The van der Waals surface area contributed by atoms with Gasteiger partial charge in [0.25, 0.3) is 30.4 Å². The van der Waals surface area contributed by atoms with Crippen molar-refractivity contribution in [2.75, 3.05) is 33.0 Å². The lowest BCUT2D eigenvalue weighted by Gasteiger charge is -2.34. The van der Waals surface area contributed by atoms with Crippen LogP contribution in [0.5, 0.6) is 0 Å². The molecule has 0 aromatic heterocycles. The lowest BCUT2D eigenvalue weighted by atomic mass is 9.96. The van der Waals surface area contributed by atoms with E-state index in [9.17, 15) is 40.6 Å². The first-order valence-corrected chi connectivity index (χ1v) is 31.3. The number of aliphatic hydroxyl groups is 3. The molecule has 3 aromatic carbocycles. The summed E-state index contributed by atoms with van der Waals surface area (Å²) in [6.45, 7) is 11.9. The Labute approximate surface area is 495 Å². The molecule has 0 spiro atoms. The van der Waals surface area contributed by atoms with Gasteiger partial charge in [0, 0.05) is 5.92 Å². The molecule has 14 saturated heterocycles. The topological polar surface area (TPSA) is 333 Å². The molecule has 14 fully saturated rings. The van der Waals surface area contributed by atoms with Gasteiger partial charge >= 0.3 is 0 Å². The van der Waals surface area contributed by atoms with E-state index in [-0.39, 0.29) is 113 Å². The van der Waals surface area contributed by atoms with E-state index < -0.39 is 97.6 Å². The lowest BCUT2D eigenvalue weighted by molar-refractivity contribution is -0.219. The van der Waals surface area contributed by atoms with Crippen molar-refractivity contribution < 1.29 is 119 Å². The number of benzene rings is 3. The number of aryl methyl sites for hydroxylation is 3. The summed E-state index contributed by atoms with van der Waals surface area (Å²) in [6.07, 6.45) is -9.19. The second kappa shape index (κ2) is 23.1. The molecule has 458 valence electrons. The molecule has 14 aliphatic heterocycles. The molecule has 0 amide bonds. The van der Waals surface area contributed by atoms with Gasteiger partial charge in [-0.3, -0.25) is 12.5 Å². The fraction of sp³-hybridized carbons (Fsp3) is 0.660. The van der Waals surface area contributed by atoms with Crippen LogP contribution in [0, 0.1) is 26.7 Å². The summed E-state index contributed by atoms with van der Waals surface area (Å²) in [4.78, 5) is 0.214. The molecule has 26 nitrogen and oxygen atoms in total. The molecular weight excluding hydrogens is 1280 g/mol. The number of epoxide rings is 4. The Morgan fingerprint density at radius 3 is 1.40 bits per heavy atom. The molecule has 14 heterocycles. The van der Waals surface area contributed by atoms with E-state index in [1.54, 1.807) is 36.4 Å². The Kier molecular flexibility index (Phi) is 16.9. The van der Waals surface area contributed by atoms with E-state index in [4.69, 9.17) is 78.9 Å². The van der Waals surface area contributed by atoms with Crippen LogP contribution in [0.15, 0.2) is 87.5 Å². The summed E-state index contributed by atoms with van der Waals surface area (Å²) in [7, 11) is -11.8. The molecule has 83 heavy (non-hydrogen) atoms. The highest BCUT2D eigenvalue weighted by molar-refractivity contribution is 14.0. The Hall–Kier alpha value is -2.56. The van der Waals surface area contributed by atoms with Crippen molar-refractivity contribution in [1.29, 1.82) is 0 Å². The summed E-state index contributed by atoms with van der Waals surface area (Å²) in [5.74, 6) is 0.531. The number of fused-ring (bicyclic) bond motifs is 18. The summed E-state index contributed by atoms with van der Waals surface area (Å²) in [5.41, 5.74) is 2.38. The fourth-order valence-corrected chi connectivity index (χ4v) is 14.7. The van der Waals surface area contributed by atoms with Gasteiger partial charge in [0.15, 0.2) is 49.8 Å². The first-order chi connectivity index (χ1) is 39.0. The Morgan fingerprint density at radius 1 is 0.422 bits per heavy atom. The first kappa shape index (κ1) is 60.7. The van der Waals surface area contributed by atoms with Gasteiger partial charge in [-0.15, -0.1) is 24.0 Å². The zero-order valence-corrected chi connectivity index (χ0v) is 50.0. The highest BCUT2D eigenvalue weighted by atomic mass is 127. The molecule has 25 unspecified atom stereocenters. The molecule has 3 aromatic rings. The van der Waals surface area contributed by atoms with Crippen LogP contribution in [-0.2, 0) is 109 Å². The number of hydrogen-bond donors (Lipinski definition) is 3. The SMILES string of the molecule is CC1C2COC(O2)C2OC12.Cc1ccc(S(=O)(=O)OC2C3OCC(O3)C(O)C2O)cc1.Cc1ccc(S(=O)(=O)OC2C3OCC(O3)C3(C)OC23)cc1.Cc1ccc(S(=O)(=O)OC2C3OCC(O3)C3OC32)cc1.I.OC1C2COC(O2)C2OC12. The zero-order chi connectivity index (χ0) is 57.4. The third-order valence-electron chi connectivity index (χ3n) is 16.7. The Bertz CT molecular complexity index is 3040. The van der Waals surface area contributed by atoms with Gasteiger partial charge in [0.1, 0.15) is 85.0 Å². The fourth-order valence-electron chi connectivity index (χ4n) is 11.5. The van der Waals surface area contributed by atoms with Crippen LogP contribution in [0.3, 0.4) is 0 Å². The van der Waals surface area contributed by atoms with Crippen LogP contribution in [0.2, 0.25) is 0 Å². The minimum atomic E-state index is -4.09. The molecule has 30 heteroatoms. The number of halogens is 1. The second-order valence-electron chi connectivity index (χ2n) is 22.6. The van der Waals surface area contributed by atoms with Crippen LogP contribution in [0.25, 0.3) is 0 Å². The van der Waals surface area contributed by atoms with Crippen molar-refractivity contribution in [2.24, 2.45) is 5.92 Å². The highest BCUT2D eigenvalue weighted by Crippen LogP contribution is 2.52. The van der Waals surface area contributed by atoms with E-state index in [0.29, 0.717) is 37.9 Å². The van der Waals surface area contributed by atoms with Gasteiger partial charge in [-0.1, -0.05) is 60.0 Å². The molecule has 14 aliphatic rings. The van der Waals surface area contributed by atoms with Gasteiger partial charge in [0.2, 0.25) is 0 Å². The molecule has 10 bridgehead atoms. The summed E-state index contributed by atoms with van der Waals surface area (Å²) >= 11 is 0. The number of aliphatic hydroxyl groups excluding tert-OH is 3. The second-order valence-corrected chi connectivity index (χ2v) is 27.3. The van der Waals surface area contributed by atoms with Crippen molar-refractivity contribution in [3.63, 3.8) is 0 Å². The quantitative estimate of drug-likeness (QED) is 0.151. The molecule has 0 radical (unpaired) electrons. The Morgan fingerprint density at radius 2 is 0.819 bits per heavy atom. The third-order valence-corrected chi connectivity index (χ3v) is 20.7. The van der Waals surface area contributed by atoms with Crippen molar-refractivity contribution in [3.05, 3.63) is 89.5 Å². The number of rotatable bonds is 9. The van der Waals surface area contributed by atoms with Crippen molar-refractivity contribution in [3.8, 4) is 0 Å². The lowest BCUT2D eigenvalue weighted by Crippen LogP contribution is -2.55. The van der Waals surface area contributed by atoms with E-state index in [2.05, 4.69) is 6.92 Å². The summed E-state index contributed by atoms with van der Waals surface area (Å²) < 4.78 is 165. The monoisotopic (exact) mass is 1340 g/mol. The molecule has 3 N–H and O–H groups in total. The van der Waals surface area contributed by atoms with Crippen LogP contribution in [0.4, 0.5) is 0 Å². The van der Waals surface area contributed by atoms with E-state index in [0.717, 1.165) is 23.3 Å². The molecule has 25 atom stereocenters. The molecular formula is C53H65IO26S3. The van der Waals surface area contributed by atoms with Crippen molar-refractivity contribution in [1.82, 2.24) is 0 Å².